The Balaban J connectivity index is 2.00. The Kier molecular flexibility index (Phi) is 6.28. The quantitative estimate of drug-likeness (QED) is 0.835. The number of methoxy groups -OCH3 is 2. The van der Waals surface area contributed by atoms with Crippen molar-refractivity contribution in [1.29, 1.82) is 0 Å². The zero-order valence-corrected chi connectivity index (χ0v) is 15.4. The summed E-state index contributed by atoms with van der Waals surface area (Å²) in [4.78, 5) is 12.2. The number of carbonyl (C=O) groups excluding carboxylic acids is 1. The topological polar surface area (TPSA) is 56.8 Å². The first-order chi connectivity index (χ1) is 11.9. The van der Waals surface area contributed by atoms with Gasteiger partial charge in [0, 0.05) is 5.56 Å². The fraction of sp³-hybridized carbons (Fsp3) is 0.350. The Morgan fingerprint density at radius 2 is 1.76 bits per heavy atom. The van der Waals surface area contributed by atoms with E-state index in [2.05, 4.69) is 5.32 Å². The summed E-state index contributed by atoms with van der Waals surface area (Å²) in [6, 6.07) is 11.1. The second-order valence-corrected chi connectivity index (χ2v) is 5.95. The highest BCUT2D eigenvalue weighted by Gasteiger charge is 2.16. The first-order valence-electron chi connectivity index (χ1n) is 8.16. The zero-order chi connectivity index (χ0) is 18.4. The van der Waals surface area contributed by atoms with E-state index in [1.54, 1.807) is 14.2 Å². The Morgan fingerprint density at radius 3 is 2.40 bits per heavy atom. The summed E-state index contributed by atoms with van der Waals surface area (Å²) in [7, 11) is 3.20. The molecule has 2 aromatic rings. The summed E-state index contributed by atoms with van der Waals surface area (Å²) in [6.07, 6.45) is 0. The average molecular weight is 343 g/mol. The summed E-state index contributed by atoms with van der Waals surface area (Å²) in [5, 5.41) is 2.92. The van der Waals surface area contributed by atoms with E-state index in [4.69, 9.17) is 14.2 Å². The third-order valence-electron chi connectivity index (χ3n) is 3.97. The van der Waals surface area contributed by atoms with E-state index in [1.807, 2.05) is 57.2 Å². The fourth-order valence-electron chi connectivity index (χ4n) is 2.64. The summed E-state index contributed by atoms with van der Waals surface area (Å²) in [5.41, 5.74) is 3.02. The van der Waals surface area contributed by atoms with E-state index < -0.39 is 0 Å². The molecular weight excluding hydrogens is 318 g/mol. The molecule has 2 rings (SSSR count). The third-order valence-corrected chi connectivity index (χ3v) is 3.97. The number of hydrogen-bond donors (Lipinski definition) is 1. The Hall–Kier alpha value is -2.69. The number of aryl methyl sites for hydroxylation is 2. The van der Waals surface area contributed by atoms with E-state index >= 15 is 0 Å². The van der Waals surface area contributed by atoms with E-state index in [0.29, 0.717) is 17.2 Å². The van der Waals surface area contributed by atoms with Crippen molar-refractivity contribution in [2.24, 2.45) is 0 Å². The molecule has 134 valence electrons. The van der Waals surface area contributed by atoms with Gasteiger partial charge >= 0.3 is 0 Å². The van der Waals surface area contributed by atoms with Crippen LogP contribution in [0.25, 0.3) is 0 Å². The molecule has 0 aromatic heterocycles. The highest BCUT2D eigenvalue weighted by molar-refractivity contribution is 5.78. The molecule has 0 aliphatic heterocycles. The van der Waals surface area contributed by atoms with Crippen LogP contribution in [0.1, 0.15) is 29.7 Å². The molecule has 1 amide bonds. The lowest BCUT2D eigenvalue weighted by molar-refractivity contribution is -0.123. The van der Waals surface area contributed by atoms with Gasteiger partial charge in [-0.1, -0.05) is 17.7 Å². The Bertz CT molecular complexity index is 742. The molecule has 5 nitrogen and oxygen atoms in total. The first kappa shape index (κ1) is 18.6. The smallest absolute Gasteiger partial charge is 0.258 e. The molecule has 1 atom stereocenters. The predicted molar refractivity (Wildman–Crippen MR) is 97.5 cm³/mol. The molecule has 0 aliphatic carbocycles. The van der Waals surface area contributed by atoms with E-state index in [-0.39, 0.29) is 18.6 Å². The van der Waals surface area contributed by atoms with Crippen LogP contribution < -0.4 is 19.5 Å². The standard InChI is InChI=1S/C20H25NO4/c1-13-6-8-18(14(2)10-13)25-12-20(22)21-15(3)17-11-16(23-4)7-9-19(17)24-5/h6-11,15H,12H2,1-5H3,(H,21,22)/t15-/m1/s1. The average Bonchev–Trinajstić information content (AvgIpc) is 2.60. The molecule has 0 aliphatic rings. The largest absolute Gasteiger partial charge is 0.497 e. The molecule has 2 aromatic carbocycles. The van der Waals surface area contributed by atoms with Crippen LogP contribution in [0.4, 0.5) is 0 Å². The van der Waals surface area contributed by atoms with Gasteiger partial charge in [-0.2, -0.15) is 0 Å². The van der Waals surface area contributed by atoms with E-state index in [9.17, 15) is 4.79 Å². The number of nitrogens with one attached hydrogen (secondary N) is 1. The first-order valence-corrected chi connectivity index (χ1v) is 8.16. The van der Waals surface area contributed by atoms with Gasteiger partial charge in [0.25, 0.3) is 5.91 Å². The van der Waals surface area contributed by atoms with Crippen molar-refractivity contribution in [2.75, 3.05) is 20.8 Å². The lowest BCUT2D eigenvalue weighted by atomic mass is 10.1. The lowest BCUT2D eigenvalue weighted by Crippen LogP contribution is -2.31. The minimum atomic E-state index is -0.236. The van der Waals surface area contributed by atoms with Crippen LogP contribution in [0.15, 0.2) is 36.4 Å². The van der Waals surface area contributed by atoms with Crippen molar-refractivity contribution in [1.82, 2.24) is 5.32 Å². The summed E-state index contributed by atoms with van der Waals surface area (Å²) >= 11 is 0. The molecule has 0 unspecified atom stereocenters. The SMILES string of the molecule is COc1ccc(OC)c([C@@H](C)NC(=O)COc2ccc(C)cc2C)c1. The van der Waals surface area contributed by atoms with Gasteiger partial charge in [-0.25, -0.2) is 0 Å². The van der Waals surface area contributed by atoms with Crippen LogP contribution in [-0.4, -0.2) is 26.7 Å². The van der Waals surface area contributed by atoms with Gasteiger partial charge in [0.1, 0.15) is 17.2 Å². The van der Waals surface area contributed by atoms with Crippen molar-refractivity contribution >= 4 is 5.91 Å². The van der Waals surface area contributed by atoms with Gasteiger partial charge in [0.2, 0.25) is 0 Å². The Labute approximate surface area is 148 Å². The van der Waals surface area contributed by atoms with Gasteiger partial charge in [-0.3, -0.25) is 4.79 Å². The van der Waals surface area contributed by atoms with Crippen molar-refractivity contribution in [3.05, 3.63) is 53.1 Å². The zero-order valence-electron chi connectivity index (χ0n) is 15.4. The van der Waals surface area contributed by atoms with Gasteiger partial charge in [-0.15, -0.1) is 0 Å². The maximum absolute atomic E-state index is 12.2. The highest BCUT2D eigenvalue weighted by Crippen LogP contribution is 2.29. The van der Waals surface area contributed by atoms with Crippen molar-refractivity contribution in [3.63, 3.8) is 0 Å². The molecular formula is C20H25NO4. The number of benzene rings is 2. The molecule has 5 heteroatoms. The Morgan fingerprint density at radius 1 is 1.04 bits per heavy atom. The molecule has 1 N–H and O–H groups in total. The van der Waals surface area contributed by atoms with Gasteiger partial charge in [-0.05, 0) is 50.6 Å². The molecule has 0 fully saturated rings. The fourth-order valence-corrected chi connectivity index (χ4v) is 2.64. The van der Waals surface area contributed by atoms with Gasteiger partial charge < -0.3 is 19.5 Å². The maximum Gasteiger partial charge on any atom is 0.258 e. The third kappa shape index (κ3) is 4.89. The maximum atomic E-state index is 12.2. The summed E-state index contributed by atoms with van der Waals surface area (Å²) in [6.45, 7) is 5.84. The molecule has 0 heterocycles. The number of amides is 1. The number of rotatable bonds is 7. The second kappa shape index (κ2) is 8.42. The molecule has 0 saturated carbocycles. The van der Waals surface area contributed by atoms with Gasteiger partial charge in [0.05, 0.1) is 20.3 Å². The van der Waals surface area contributed by atoms with Crippen LogP contribution in [0, 0.1) is 13.8 Å². The number of hydrogen-bond acceptors (Lipinski definition) is 4. The molecule has 0 saturated heterocycles. The molecule has 0 spiro atoms. The van der Waals surface area contributed by atoms with Crippen LogP contribution in [0.5, 0.6) is 17.2 Å². The highest BCUT2D eigenvalue weighted by atomic mass is 16.5. The minimum absolute atomic E-state index is 0.0411. The van der Waals surface area contributed by atoms with Crippen LogP contribution in [0.2, 0.25) is 0 Å². The predicted octanol–water partition coefficient (Wildman–Crippen LogP) is 3.58. The second-order valence-electron chi connectivity index (χ2n) is 5.95. The van der Waals surface area contributed by atoms with Crippen molar-refractivity contribution < 1.29 is 19.0 Å². The van der Waals surface area contributed by atoms with Crippen molar-refractivity contribution in [2.45, 2.75) is 26.8 Å². The molecule has 0 bridgehead atoms. The van der Waals surface area contributed by atoms with Crippen LogP contribution in [-0.2, 0) is 4.79 Å². The monoisotopic (exact) mass is 343 g/mol. The normalized spacial score (nSPS) is 11.6. The van der Waals surface area contributed by atoms with Gasteiger partial charge in [0.15, 0.2) is 6.61 Å². The van der Waals surface area contributed by atoms with Crippen LogP contribution >= 0.6 is 0 Å². The molecule has 0 radical (unpaired) electrons. The van der Waals surface area contributed by atoms with E-state index in [0.717, 1.165) is 16.7 Å². The summed E-state index contributed by atoms with van der Waals surface area (Å²) in [5.74, 6) is 1.93. The van der Waals surface area contributed by atoms with Crippen molar-refractivity contribution in [3.8, 4) is 17.2 Å². The molecule has 25 heavy (non-hydrogen) atoms. The lowest BCUT2D eigenvalue weighted by Gasteiger charge is -2.18. The number of carbonyl (C=O) groups is 1. The van der Waals surface area contributed by atoms with Crippen LogP contribution in [0.3, 0.4) is 0 Å². The summed E-state index contributed by atoms with van der Waals surface area (Å²) < 4.78 is 16.2. The number of ether oxygens (including phenoxy) is 3. The van der Waals surface area contributed by atoms with E-state index in [1.165, 1.54) is 0 Å². The minimum Gasteiger partial charge on any atom is -0.497 e.